The quantitative estimate of drug-likeness (QED) is 0.686. The van der Waals surface area contributed by atoms with E-state index in [0.717, 1.165) is 0 Å². The molecule has 100 valence electrons. The summed E-state index contributed by atoms with van der Waals surface area (Å²) in [5.41, 5.74) is 5.63. The minimum Gasteiger partial charge on any atom is -0.465 e. The Hall–Kier alpha value is -1.89. The predicted octanol–water partition coefficient (Wildman–Crippen LogP) is 0.570. The molecule has 0 aliphatic rings. The van der Waals surface area contributed by atoms with Crippen molar-refractivity contribution in [2.45, 2.75) is 20.5 Å². The number of hydrogen-bond acceptors (Lipinski definition) is 7. The fraction of sp³-hybridized carbons (Fsp3) is 0.545. The van der Waals surface area contributed by atoms with Crippen molar-refractivity contribution in [2.24, 2.45) is 0 Å². The zero-order chi connectivity index (χ0) is 13.4. The van der Waals surface area contributed by atoms with Gasteiger partial charge in [0.05, 0.1) is 6.61 Å². The molecule has 0 saturated heterocycles. The minimum absolute atomic E-state index is 0.0400. The van der Waals surface area contributed by atoms with Crippen LogP contribution in [0.4, 0.5) is 11.6 Å². The number of hydrogen-bond donors (Lipinski definition) is 2. The van der Waals surface area contributed by atoms with Crippen LogP contribution in [0.2, 0.25) is 0 Å². The van der Waals surface area contributed by atoms with E-state index in [-0.39, 0.29) is 19.1 Å². The molecule has 0 aliphatic carbocycles. The van der Waals surface area contributed by atoms with E-state index in [4.69, 9.17) is 15.2 Å². The summed E-state index contributed by atoms with van der Waals surface area (Å²) in [4.78, 5) is 19.4. The van der Waals surface area contributed by atoms with Gasteiger partial charge in [0.15, 0.2) is 5.82 Å². The molecule has 0 fully saturated rings. The third-order valence-corrected chi connectivity index (χ3v) is 1.95. The number of rotatable bonds is 7. The average Bonchev–Trinajstić information content (AvgIpc) is 2.34. The van der Waals surface area contributed by atoms with Crippen LogP contribution in [-0.4, -0.2) is 35.7 Å². The Bertz CT molecular complexity index is 398. The van der Waals surface area contributed by atoms with Gasteiger partial charge in [-0.1, -0.05) is 0 Å². The molecule has 0 bridgehead atoms. The van der Waals surface area contributed by atoms with Crippen LogP contribution in [0.25, 0.3) is 0 Å². The van der Waals surface area contributed by atoms with Gasteiger partial charge in [-0.3, -0.25) is 4.79 Å². The molecule has 1 heterocycles. The summed E-state index contributed by atoms with van der Waals surface area (Å²) in [6.07, 6.45) is 0. The van der Waals surface area contributed by atoms with E-state index in [9.17, 15) is 4.79 Å². The molecule has 7 heteroatoms. The molecule has 0 amide bonds. The van der Waals surface area contributed by atoms with Crippen LogP contribution in [-0.2, 0) is 20.9 Å². The summed E-state index contributed by atoms with van der Waals surface area (Å²) in [6, 6.07) is 1.55. The van der Waals surface area contributed by atoms with Crippen LogP contribution in [0, 0.1) is 0 Å². The summed E-state index contributed by atoms with van der Waals surface area (Å²) >= 11 is 0. The molecule has 1 aromatic heterocycles. The van der Waals surface area contributed by atoms with E-state index in [1.807, 2.05) is 6.92 Å². The number of aromatic nitrogens is 2. The number of ether oxygens (including phenoxy) is 2. The fourth-order valence-electron chi connectivity index (χ4n) is 1.24. The first-order valence-corrected chi connectivity index (χ1v) is 5.76. The zero-order valence-corrected chi connectivity index (χ0v) is 10.6. The van der Waals surface area contributed by atoms with E-state index in [2.05, 4.69) is 15.3 Å². The highest BCUT2D eigenvalue weighted by Gasteiger charge is 2.05. The van der Waals surface area contributed by atoms with Gasteiger partial charge in [0.1, 0.15) is 24.8 Å². The van der Waals surface area contributed by atoms with Crippen LogP contribution < -0.4 is 11.1 Å². The van der Waals surface area contributed by atoms with Crippen LogP contribution in [0.3, 0.4) is 0 Å². The fourth-order valence-corrected chi connectivity index (χ4v) is 1.24. The predicted molar refractivity (Wildman–Crippen MR) is 66.9 cm³/mol. The first kappa shape index (κ1) is 14.2. The Labute approximate surface area is 106 Å². The van der Waals surface area contributed by atoms with Gasteiger partial charge >= 0.3 is 5.97 Å². The lowest BCUT2D eigenvalue weighted by molar-refractivity contribution is -0.140. The second kappa shape index (κ2) is 7.44. The van der Waals surface area contributed by atoms with Gasteiger partial charge in [-0.05, 0) is 13.8 Å². The number of nitrogens with two attached hydrogens (primary N) is 1. The van der Waals surface area contributed by atoms with E-state index < -0.39 is 0 Å². The summed E-state index contributed by atoms with van der Waals surface area (Å²) < 4.78 is 9.98. The largest absolute Gasteiger partial charge is 0.465 e. The van der Waals surface area contributed by atoms with Crippen molar-refractivity contribution >= 4 is 17.6 Å². The van der Waals surface area contributed by atoms with E-state index >= 15 is 0 Å². The SMILES string of the molecule is CCOCc1nc(N)cc(NCC(=O)OCC)n1. The molecular formula is C11H18N4O3. The molecule has 0 atom stereocenters. The Kier molecular flexibility index (Phi) is 5.86. The molecular weight excluding hydrogens is 236 g/mol. The summed E-state index contributed by atoms with van der Waals surface area (Å²) in [7, 11) is 0. The van der Waals surface area contributed by atoms with Crippen LogP contribution in [0.5, 0.6) is 0 Å². The van der Waals surface area contributed by atoms with E-state index in [1.54, 1.807) is 13.0 Å². The van der Waals surface area contributed by atoms with Crippen LogP contribution >= 0.6 is 0 Å². The third-order valence-electron chi connectivity index (χ3n) is 1.95. The summed E-state index contributed by atoms with van der Waals surface area (Å²) in [6.45, 7) is 4.88. The summed E-state index contributed by atoms with van der Waals surface area (Å²) in [5, 5.41) is 2.83. The number of nitrogen functional groups attached to an aromatic ring is 1. The lowest BCUT2D eigenvalue weighted by Gasteiger charge is -2.08. The van der Waals surface area contributed by atoms with Gasteiger partial charge in [0.2, 0.25) is 0 Å². The van der Waals surface area contributed by atoms with Gasteiger partial charge in [0.25, 0.3) is 0 Å². The monoisotopic (exact) mass is 254 g/mol. The highest BCUT2D eigenvalue weighted by Crippen LogP contribution is 2.08. The molecule has 0 aliphatic heterocycles. The number of anilines is 2. The molecule has 7 nitrogen and oxygen atoms in total. The zero-order valence-electron chi connectivity index (χ0n) is 10.6. The molecule has 1 rings (SSSR count). The Balaban J connectivity index is 2.59. The lowest BCUT2D eigenvalue weighted by Crippen LogP contribution is -2.18. The molecule has 18 heavy (non-hydrogen) atoms. The second-order valence-corrected chi connectivity index (χ2v) is 3.39. The Morgan fingerprint density at radius 2 is 2.17 bits per heavy atom. The standard InChI is InChI=1S/C11H18N4O3/c1-3-17-7-10-14-8(12)5-9(15-10)13-6-11(16)18-4-2/h5H,3-4,6-7H2,1-2H3,(H3,12,13,14,15). The molecule has 1 aromatic rings. The van der Waals surface area contributed by atoms with Crippen molar-refractivity contribution < 1.29 is 14.3 Å². The number of nitrogens with one attached hydrogen (secondary N) is 1. The lowest BCUT2D eigenvalue weighted by atomic mass is 10.4. The maximum Gasteiger partial charge on any atom is 0.325 e. The van der Waals surface area contributed by atoms with Gasteiger partial charge in [-0.15, -0.1) is 0 Å². The molecule has 0 radical (unpaired) electrons. The van der Waals surface area contributed by atoms with Crippen molar-refractivity contribution in [1.82, 2.24) is 9.97 Å². The maximum absolute atomic E-state index is 11.2. The number of carbonyl (C=O) groups excluding carboxylic acids is 1. The van der Waals surface area contributed by atoms with Crippen molar-refractivity contribution in [3.8, 4) is 0 Å². The highest BCUT2D eigenvalue weighted by molar-refractivity contribution is 5.74. The Morgan fingerprint density at radius 3 is 2.83 bits per heavy atom. The Morgan fingerprint density at radius 1 is 1.39 bits per heavy atom. The summed E-state index contributed by atoms with van der Waals surface area (Å²) in [5.74, 6) is 0.931. The first-order valence-electron chi connectivity index (χ1n) is 5.76. The van der Waals surface area contributed by atoms with Gasteiger partial charge in [0, 0.05) is 12.7 Å². The van der Waals surface area contributed by atoms with Crippen LogP contribution in [0.15, 0.2) is 6.07 Å². The van der Waals surface area contributed by atoms with Gasteiger partial charge < -0.3 is 20.5 Å². The van der Waals surface area contributed by atoms with Gasteiger partial charge in [-0.2, -0.15) is 0 Å². The molecule has 0 unspecified atom stereocenters. The normalized spacial score (nSPS) is 10.1. The number of esters is 1. The molecule has 0 aromatic carbocycles. The third kappa shape index (κ3) is 4.96. The van der Waals surface area contributed by atoms with Crippen molar-refractivity contribution in [1.29, 1.82) is 0 Å². The maximum atomic E-state index is 11.2. The minimum atomic E-state index is -0.346. The van der Waals surface area contributed by atoms with E-state index in [0.29, 0.717) is 30.7 Å². The molecule has 0 spiro atoms. The second-order valence-electron chi connectivity index (χ2n) is 3.39. The van der Waals surface area contributed by atoms with E-state index in [1.165, 1.54) is 0 Å². The van der Waals surface area contributed by atoms with Crippen molar-refractivity contribution in [2.75, 3.05) is 30.8 Å². The van der Waals surface area contributed by atoms with Crippen LogP contribution in [0.1, 0.15) is 19.7 Å². The topological polar surface area (TPSA) is 99.4 Å². The van der Waals surface area contributed by atoms with Crippen molar-refractivity contribution in [3.63, 3.8) is 0 Å². The molecule has 0 saturated carbocycles. The number of carbonyl (C=O) groups is 1. The number of nitrogens with zero attached hydrogens (tertiary/aromatic N) is 2. The van der Waals surface area contributed by atoms with Crippen molar-refractivity contribution in [3.05, 3.63) is 11.9 Å². The smallest absolute Gasteiger partial charge is 0.325 e. The average molecular weight is 254 g/mol. The van der Waals surface area contributed by atoms with Gasteiger partial charge in [-0.25, -0.2) is 9.97 Å². The highest BCUT2D eigenvalue weighted by atomic mass is 16.5. The first-order chi connectivity index (χ1) is 8.65. The molecule has 3 N–H and O–H groups in total.